The van der Waals surface area contributed by atoms with Crippen LogP contribution in [-0.4, -0.2) is 59.0 Å². The first kappa shape index (κ1) is 17.3. The number of epoxide rings is 2. The summed E-state index contributed by atoms with van der Waals surface area (Å²) in [6, 6.07) is 0. The summed E-state index contributed by atoms with van der Waals surface area (Å²) in [5.41, 5.74) is -1.71. The third-order valence-corrected chi connectivity index (χ3v) is 8.52. The van der Waals surface area contributed by atoms with E-state index in [9.17, 15) is 0 Å². The van der Waals surface area contributed by atoms with E-state index in [4.69, 9.17) is 27.8 Å². The van der Waals surface area contributed by atoms with Gasteiger partial charge in [-0.3, -0.25) is 0 Å². The van der Waals surface area contributed by atoms with Crippen molar-refractivity contribution in [3.63, 3.8) is 0 Å². The summed E-state index contributed by atoms with van der Waals surface area (Å²) in [6.07, 6.45) is 1.62. The van der Waals surface area contributed by atoms with Crippen molar-refractivity contribution in [2.24, 2.45) is 0 Å². The highest BCUT2D eigenvalue weighted by atomic mass is 28.4. The van der Waals surface area contributed by atoms with Crippen LogP contribution in [0.4, 0.5) is 0 Å². The minimum atomic E-state index is -3.07. The zero-order valence-electron chi connectivity index (χ0n) is 13.9. The second-order valence-electron chi connectivity index (χ2n) is 5.58. The summed E-state index contributed by atoms with van der Waals surface area (Å²) in [4.78, 5) is 0. The standard InChI is InChI=1S/C14H28O6Si/c1-7-9-17-13(11(3)19-13)21(15-5,16-6)14(12(4)20-14)18-10-8-2/h11-12H,7-10H2,1-6H3. The summed E-state index contributed by atoms with van der Waals surface area (Å²) in [7, 11) is 0.197. The first-order valence-electron chi connectivity index (χ1n) is 7.74. The third-order valence-electron chi connectivity index (χ3n) is 4.19. The van der Waals surface area contributed by atoms with Gasteiger partial charge in [-0.2, -0.15) is 0 Å². The lowest BCUT2D eigenvalue weighted by Gasteiger charge is -2.37. The summed E-state index contributed by atoms with van der Waals surface area (Å²) in [6.45, 7) is 9.23. The van der Waals surface area contributed by atoms with E-state index < -0.39 is 19.4 Å². The first-order valence-corrected chi connectivity index (χ1v) is 9.55. The molecule has 0 N–H and O–H groups in total. The number of ether oxygens (including phenoxy) is 4. The fourth-order valence-electron chi connectivity index (χ4n) is 3.04. The predicted molar refractivity (Wildman–Crippen MR) is 78.8 cm³/mol. The van der Waals surface area contributed by atoms with Crippen molar-refractivity contribution in [2.75, 3.05) is 27.4 Å². The Morgan fingerprint density at radius 2 is 1.19 bits per heavy atom. The van der Waals surface area contributed by atoms with Crippen LogP contribution in [0.3, 0.4) is 0 Å². The van der Waals surface area contributed by atoms with E-state index >= 15 is 0 Å². The minimum absolute atomic E-state index is 0.0888. The van der Waals surface area contributed by atoms with Crippen molar-refractivity contribution >= 4 is 8.56 Å². The van der Waals surface area contributed by atoms with Crippen LogP contribution in [0.5, 0.6) is 0 Å². The largest absolute Gasteiger partial charge is 0.466 e. The molecule has 4 unspecified atom stereocenters. The highest BCUT2D eigenvalue weighted by Crippen LogP contribution is 2.57. The first-order chi connectivity index (χ1) is 10.00. The van der Waals surface area contributed by atoms with Crippen molar-refractivity contribution < 1.29 is 27.8 Å². The van der Waals surface area contributed by atoms with Gasteiger partial charge in [-0.15, -0.1) is 0 Å². The molecule has 0 saturated carbocycles. The van der Waals surface area contributed by atoms with E-state index in [1.165, 1.54) is 0 Å². The van der Waals surface area contributed by atoms with E-state index in [1.54, 1.807) is 14.2 Å². The second-order valence-corrected chi connectivity index (χ2v) is 9.02. The Balaban J connectivity index is 2.31. The van der Waals surface area contributed by atoms with Crippen LogP contribution in [0.2, 0.25) is 0 Å². The van der Waals surface area contributed by atoms with Gasteiger partial charge in [0.15, 0.2) is 0 Å². The lowest BCUT2D eigenvalue weighted by Crippen LogP contribution is -2.69. The molecule has 0 spiro atoms. The minimum Gasteiger partial charge on any atom is -0.391 e. The Bertz CT molecular complexity index is 333. The van der Waals surface area contributed by atoms with E-state index in [0.29, 0.717) is 13.2 Å². The molecule has 124 valence electrons. The smallest absolute Gasteiger partial charge is 0.391 e. The van der Waals surface area contributed by atoms with Gasteiger partial charge < -0.3 is 27.8 Å². The van der Waals surface area contributed by atoms with Crippen LogP contribution in [-0.2, 0) is 27.8 Å². The molecule has 0 aliphatic carbocycles. The zero-order chi connectivity index (χ0) is 15.7. The van der Waals surface area contributed by atoms with Crippen LogP contribution >= 0.6 is 0 Å². The fraction of sp³-hybridized carbons (Fsp3) is 1.00. The monoisotopic (exact) mass is 320 g/mol. The highest BCUT2D eigenvalue weighted by Gasteiger charge is 2.89. The molecule has 7 heteroatoms. The van der Waals surface area contributed by atoms with Crippen LogP contribution in [0, 0.1) is 0 Å². The maximum Gasteiger partial charge on any atom is 0.466 e. The zero-order valence-corrected chi connectivity index (χ0v) is 14.9. The predicted octanol–water partition coefficient (Wildman–Crippen LogP) is 1.88. The summed E-state index contributed by atoms with van der Waals surface area (Å²) in [5.74, 6) is 0. The average molecular weight is 320 g/mol. The normalized spacial score (nSPS) is 38.6. The van der Waals surface area contributed by atoms with E-state index in [-0.39, 0.29) is 12.2 Å². The summed E-state index contributed by atoms with van der Waals surface area (Å²) in [5, 5.41) is 0. The molecule has 2 saturated heterocycles. The topological polar surface area (TPSA) is 62.0 Å². The highest BCUT2D eigenvalue weighted by molar-refractivity contribution is 6.74. The molecule has 0 aromatic carbocycles. The Morgan fingerprint density at radius 3 is 1.38 bits per heavy atom. The molecule has 0 aromatic heterocycles. The van der Waals surface area contributed by atoms with E-state index in [0.717, 1.165) is 12.8 Å². The molecule has 2 heterocycles. The maximum atomic E-state index is 6.03. The molecule has 0 bridgehead atoms. The van der Waals surface area contributed by atoms with Gasteiger partial charge in [0.05, 0.1) is 0 Å². The van der Waals surface area contributed by atoms with Crippen molar-refractivity contribution in [2.45, 2.75) is 63.6 Å². The van der Waals surface area contributed by atoms with Crippen molar-refractivity contribution in [1.82, 2.24) is 0 Å². The lowest BCUT2D eigenvalue weighted by molar-refractivity contribution is -0.0783. The fourth-order valence-corrected chi connectivity index (χ4v) is 7.15. The van der Waals surface area contributed by atoms with Gasteiger partial charge in [-0.25, -0.2) is 0 Å². The van der Waals surface area contributed by atoms with Gasteiger partial charge in [-0.05, 0) is 26.7 Å². The van der Waals surface area contributed by atoms with Gasteiger partial charge >= 0.3 is 8.56 Å². The Hall–Kier alpha value is -0.0231. The quantitative estimate of drug-likeness (QED) is 0.452. The van der Waals surface area contributed by atoms with Crippen LogP contribution in [0.15, 0.2) is 0 Å². The molecular formula is C14H28O6Si. The van der Waals surface area contributed by atoms with Crippen molar-refractivity contribution in [3.8, 4) is 0 Å². The lowest BCUT2D eigenvalue weighted by atomic mass is 10.5. The SMILES string of the molecule is CCCOC1([Si](OC)(OC)C2(OCCC)OC2C)OC1C. The number of hydrogen-bond acceptors (Lipinski definition) is 6. The molecular weight excluding hydrogens is 292 g/mol. The molecule has 2 rings (SSSR count). The molecule has 6 nitrogen and oxygen atoms in total. The molecule has 4 atom stereocenters. The average Bonchev–Trinajstić information content (AvgIpc) is 3.34. The number of rotatable bonds is 10. The Morgan fingerprint density at radius 1 is 0.857 bits per heavy atom. The van der Waals surface area contributed by atoms with Gasteiger partial charge in [0.2, 0.25) is 10.8 Å². The second kappa shape index (κ2) is 6.23. The van der Waals surface area contributed by atoms with Gasteiger partial charge in [0.25, 0.3) is 0 Å². The Kier molecular flexibility index (Phi) is 5.14. The summed E-state index contributed by atoms with van der Waals surface area (Å²) < 4.78 is 35.5. The van der Waals surface area contributed by atoms with E-state index in [1.807, 2.05) is 13.8 Å². The summed E-state index contributed by atoms with van der Waals surface area (Å²) >= 11 is 0. The Labute approximate surface area is 128 Å². The van der Waals surface area contributed by atoms with Crippen molar-refractivity contribution in [1.29, 1.82) is 0 Å². The third kappa shape index (κ3) is 2.39. The van der Waals surface area contributed by atoms with Crippen LogP contribution in [0.25, 0.3) is 0 Å². The van der Waals surface area contributed by atoms with Crippen LogP contribution in [0.1, 0.15) is 40.5 Å². The van der Waals surface area contributed by atoms with Gasteiger partial charge in [0.1, 0.15) is 12.2 Å². The molecule has 2 aliphatic heterocycles. The maximum absolute atomic E-state index is 6.03. The van der Waals surface area contributed by atoms with Crippen LogP contribution < -0.4 is 0 Å². The molecule has 0 radical (unpaired) electrons. The molecule has 2 aliphatic rings. The van der Waals surface area contributed by atoms with Gasteiger partial charge in [-0.1, -0.05) is 13.8 Å². The molecule has 2 fully saturated rings. The number of hydrogen-bond donors (Lipinski definition) is 0. The van der Waals surface area contributed by atoms with E-state index in [2.05, 4.69) is 13.8 Å². The van der Waals surface area contributed by atoms with Crippen molar-refractivity contribution in [3.05, 3.63) is 0 Å². The molecule has 0 amide bonds. The molecule has 21 heavy (non-hydrogen) atoms. The van der Waals surface area contributed by atoms with Gasteiger partial charge in [0, 0.05) is 27.4 Å². The molecule has 0 aromatic rings.